The summed E-state index contributed by atoms with van der Waals surface area (Å²) in [5.74, 6) is -0.126. The first-order valence-electron chi connectivity index (χ1n) is 8.68. The highest BCUT2D eigenvalue weighted by Crippen LogP contribution is 2.26. The first-order valence-corrected chi connectivity index (χ1v) is 10.5. The van der Waals surface area contributed by atoms with Gasteiger partial charge in [0.2, 0.25) is 0 Å². The fourth-order valence-corrected chi connectivity index (χ4v) is 3.36. The Morgan fingerprint density at radius 3 is 2.20 bits per heavy atom. The molecular weight excluding hydrogens is 428 g/mol. The lowest BCUT2D eigenvalue weighted by Gasteiger charge is -2.09. The lowest BCUT2D eigenvalue weighted by Crippen LogP contribution is -2.12. The number of benzene rings is 2. The maximum absolute atomic E-state index is 10.9. The van der Waals surface area contributed by atoms with Gasteiger partial charge in [-0.15, -0.1) is 0 Å². The molecule has 1 heterocycles. The van der Waals surface area contributed by atoms with Gasteiger partial charge in [0.25, 0.3) is 16.0 Å². The van der Waals surface area contributed by atoms with E-state index >= 15 is 0 Å². The normalized spacial score (nSPS) is 10.7. The summed E-state index contributed by atoms with van der Waals surface area (Å²) in [4.78, 5) is 14.7. The Balaban J connectivity index is 0.000000232. The van der Waals surface area contributed by atoms with Gasteiger partial charge in [-0.25, -0.2) is 0 Å². The van der Waals surface area contributed by atoms with Crippen LogP contribution in [0.5, 0.6) is 5.75 Å². The Morgan fingerprint density at radius 1 is 1.10 bits per heavy atom. The number of hydrogen-bond acceptors (Lipinski definition) is 5. The number of amides is 1. The van der Waals surface area contributed by atoms with E-state index in [4.69, 9.17) is 26.6 Å². The van der Waals surface area contributed by atoms with Crippen molar-refractivity contribution in [2.75, 3.05) is 7.11 Å². The smallest absolute Gasteiger partial charge is 0.296 e. The molecule has 1 amide bonds. The van der Waals surface area contributed by atoms with E-state index in [2.05, 4.69) is 4.98 Å². The van der Waals surface area contributed by atoms with Crippen LogP contribution in [0, 0.1) is 13.8 Å². The summed E-state index contributed by atoms with van der Waals surface area (Å²) in [6, 6.07) is 13.5. The monoisotopic (exact) mass is 448 g/mol. The number of pyridine rings is 1. The SMILES string of the molecule is COc1cc(Cl)ccc1C(N)=O.Cc1cccc(C)c1-c1ccc(S(=O)(=O)O)cn1. The van der Waals surface area contributed by atoms with Crippen LogP contribution in [-0.2, 0) is 10.1 Å². The molecule has 0 saturated carbocycles. The number of aryl methyl sites for hydroxylation is 2. The van der Waals surface area contributed by atoms with Gasteiger partial charge in [0.1, 0.15) is 10.6 Å². The summed E-state index contributed by atoms with van der Waals surface area (Å²) < 4.78 is 35.7. The highest BCUT2D eigenvalue weighted by molar-refractivity contribution is 7.85. The van der Waals surface area contributed by atoms with E-state index in [9.17, 15) is 13.2 Å². The van der Waals surface area contributed by atoms with Gasteiger partial charge in [-0.1, -0.05) is 29.8 Å². The minimum atomic E-state index is -4.18. The number of carbonyl (C=O) groups excluding carboxylic acids is 1. The summed E-state index contributed by atoms with van der Waals surface area (Å²) in [5.41, 5.74) is 9.23. The molecule has 3 aromatic rings. The Kier molecular flexibility index (Phi) is 7.55. The number of aromatic nitrogens is 1. The van der Waals surface area contributed by atoms with E-state index in [-0.39, 0.29) is 4.90 Å². The van der Waals surface area contributed by atoms with Crippen molar-refractivity contribution >= 4 is 27.6 Å². The van der Waals surface area contributed by atoms with Crippen molar-refractivity contribution < 1.29 is 22.5 Å². The van der Waals surface area contributed by atoms with Crippen LogP contribution in [0.15, 0.2) is 59.6 Å². The van der Waals surface area contributed by atoms with Gasteiger partial charge in [-0.05, 0) is 55.3 Å². The predicted octanol–water partition coefficient (Wildman–Crippen LogP) is 4.06. The average molecular weight is 449 g/mol. The number of ether oxygens (including phenoxy) is 1. The molecular formula is C21H21ClN2O5S. The molecule has 0 aliphatic rings. The second kappa shape index (κ2) is 9.71. The number of primary amides is 1. The van der Waals surface area contributed by atoms with Crippen LogP contribution < -0.4 is 10.5 Å². The van der Waals surface area contributed by atoms with Gasteiger partial charge >= 0.3 is 0 Å². The maximum atomic E-state index is 10.9. The van der Waals surface area contributed by atoms with Crippen molar-refractivity contribution in [1.82, 2.24) is 4.98 Å². The van der Waals surface area contributed by atoms with Crippen LogP contribution >= 0.6 is 11.6 Å². The van der Waals surface area contributed by atoms with Crippen molar-refractivity contribution in [2.45, 2.75) is 18.7 Å². The van der Waals surface area contributed by atoms with E-state index in [1.54, 1.807) is 18.2 Å². The third kappa shape index (κ3) is 5.79. The van der Waals surface area contributed by atoms with Gasteiger partial charge in [0, 0.05) is 16.8 Å². The van der Waals surface area contributed by atoms with Gasteiger partial charge in [-0.2, -0.15) is 8.42 Å². The van der Waals surface area contributed by atoms with Gasteiger partial charge < -0.3 is 10.5 Å². The lowest BCUT2D eigenvalue weighted by molar-refractivity contribution is 0.0997. The van der Waals surface area contributed by atoms with Crippen LogP contribution in [0.3, 0.4) is 0 Å². The molecule has 7 nitrogen and oxygen atoms in total. The highest BCUT2D eigenvalue weighted by atomic mass is 35.5. The van der Waals surface area contributed by atoms with Crippen molar-refractivity contribution in [3.05, 3.63) is 76.4 Å². The zero-order chi connectivity index (χ0) is 22.5. The van der Waals surface area contributed by atoms with Gasteiger partial charge in [0.05, 0.1) is 18.4 Å². The largest absolute Gasteiger partial charge is 0.496 e. The predicted molar refractivity (Wildman–Crippen MR) is 115 cm³/mol. The minimum Gasteiger partial charge on any atom is -0.496 e. The molecule has 3 rings (SSSR count). The second-order valence-electron chi connectivity index (χ2n) is 6.33. The fraction of sp³-hybridized carbons (Fsp3) is 0.143. The standard InChI is InChI=1S/C13H13NO3S.C8H8ClNO2/c1-9-4-3-5-10(2)13(9)12-7-6-11(8-14-12)18(15,16)17;1-12-7-4-5(9)2-3-6(7)8(10)11/h3-8H,1-2H3,(H,15,16,17);2-4H,1H3,(H2,10,11). The molecule has 3 N–H and O–H groups in total. The van der Waals surface area contributed by atoms with Crippen molar-refractivity contribution in [1.29, 1.82) is 0 Å². The molecule has 1 aromatic heterocycles. The van der Waals surface area contributed by atoms with Crippen LogP contribution in [0.4, 0.5) is 0 Å². The first kappa shape index (κ1) is 23.3. The molecule has 0 fully saturated rings. The van der Waals surface area contributed by atoms with E-state index in [1.165, 1.54) is 19.2 Å². The Labute approximate surface area is 180 Å². The molecule has 30 heavy (non-hydrogen) atoms. The molecule has 0 saturated heterocycles. The number of methoxy groups -OCH3 is 1. The second-order valence-corrected chi connectivity index (χ2v) is 8.19. The van der Waals surface area contributed by atoms with E-state index < -0.39 is 16.0 Å². The minimum absolute atomic E-state index is 0.197. The molecule has 0 atom stereocenters. The molecule has 0 spiro atoms. The lowest BCUT2D eigenvalue weighted by atomic mass is 10.00. The molecule has 9 heteroatoms. The number of nitrogens with zero attached hydrogens (tertiary/aromatic N) is 1. The van der Waals surface area contributed by atoms with E-state index in [0.29, 0.717) is 22.0 Å². The number of rotatable bonds is 4. The summed E-state index contributed by atoms with van der Waals surface area (Å²) in [6.45, 7) is 3.95. The van der Waals surface area contributed by atoms with Gasteiger partial charge in [0.15, 0.2) is 0 Å². The van der Waals surface area contributed by atoms with Crippen LogP contribution in [0.2, 0.25) is 5.02 Å². The fourth-order valence-electron chi connectivity index (χ4n) is 2.77. The third-order valence-electron chi connectivity index (χ3n) is 4.20. The highest BCUT2D eigenvalue weighted by Gasteiger charge is 2.12. The van der Waals surface area contributed by atoms with Crippen molar-refractivity contribution in [3.63, 3.8) is 0 Å². The maximum Gasteiger partial charge on any atom is 0.296 e. The van der Waals surface area contributed by atoms with Crippen LogP contribution in [0.25, 0.3) is 11.3 Å². The number of carbonyl (C=O) groups is 1. The average Bonchev–Trinajstić information content (AvgIpc) is 2.67. The molecule has 2 aromatic carbocycles. The molecule has 0 aliphatic heterocycles. The third-order valence-corrected chi connectivity index (χ3v) is 5.27. The van der Waals surface area contributed by atoms with E-state index in [1.807, 2.05) is 32.0 Å². The van der Waals surface area contributed by atoms with Crippen molar-refractivity contribution in [2.24, 2.45) is 5.73 Å². The summed E-state index contributed by atoms with van der Waals surface area (Å²) in [5, 5.41) is 0.511. The zero-order valence-corrected chi connectivity index (χ0v) is 18.2. The number of nitrogens with two attached hydrogens (primary N) is 1. The zero-order valence-electron chi connectivity index (χ0n) is 16.6. The summed E-state index contributed by atoms with van der Waals surface area (Å²) in [7, 11) is -2.73. The molecule has 0 unspecified atom stereocenters. The topological polar surface area (TPSA) is 120 Å². The molecule has 0 bridgehead atoms. The first-order chi connectivity index (χ1) is 14.0. The number of halogens is 1. The van der Waals surface area contributed by atoms with Crippen molar-refractivity contribution in [3.8, 4) is 17.0 Å². The molecule has 0 radical (unpaired) electrons. The molecule has 0 aliphatic carbocycles. The van der Waals surface area contributed by atoms with Crippen LogP contribution in [0.1, 0.15) is 21.5 Å². The Morgan fingerprint density at radius 2 is 1.73 bits per heavy atom. The Hall–Kier alpha value is -2.94. The van der Waals surface area contributed by atoms with E-state index in [0.717, 1.165) is 22.9 Å². The number of hydrogen-bond donors (Lipinski definition) is 2. The van der Waals surface area contributed by atoms with Crippen LogP contribution in [-0.4, -0.2) is 31.0 Å². The van der Waals surface area contributed by atoms with Gasteiger partial charge in [-0.3, -0.25) is 14.3 Å². The summed E-state index contributed by atoms with van der Waals surface area (Å²) in [6.07, 6.45) is 1.16. The summed E-state index contributed by atoms with van der Waals surface area (Å²) >= 11 is 5.67. The quantitative estimate of drug-likeness (QED) is 0.581. The molecule has 158 valence electrons. The Bertz CT molecular complexity index is 1140.